The van der Waals surface area contributed by atoms with Crippen molar-refractivity contribution in [2.24, 2.45) is 76.9 Å². The van der Waals surface area contributed by atoms with Crippen LogP contribution >= 0.6 is 0 Å². The van der Waals surface area contributed by atoms with E-state index in [1.807, 2.05) is 0 Å². The fraction of sp³-hybridized carbons (Fsp3) is 0.930. The Labute approximate surface area is 397 Å². The van der Waals surface area contributed by atoms with Crippen LogP contribution in [0.2, 0.25) is 0 Å². The zero-order valence-electron chi connectivity index (χ0n) is 42.0. The Balaban J connectivity index is 0.000000182. The molecule has 0 aromatic carbocycles. The van der Waals surface area contributed by atoms with E-state index in [9.17, 15) is 19.2 Å². The standard InChI is InChI=1S/C21H34O2.C19H34O2.C16H26O4.CH4/c1-14-15(2)18-12-16(14)13-19(18)20(22)23-21(10-6-7-11-21)17-8-4-3-5-9-17;1-3-9-16(2)12-13-18(20)21-19(14-7-8-15-19)17-10-5-4-6-11-17;1-10-11(2)14-8-13(10)9-15(14)16(18)20-7-5-4-6-19-12(3)17;/h14-19H,3-13H2,1-2H3;16-17H,3-15H2,1-2H3;10-11,13-15H,4-9H2,1-3H3;1H4. The van der Waals surface area contributed by atoms with Gasteiger partial charge in [0.2, 0.25) is 0 Å². The lowest BCUT2D eigenvalue weighted by atomic mass is 9.74. The highest BCUT2D eigenvalue weighted by Gasteiger charge is 2.55. The van der Waals surface area contributed by atoms with Crippen LogP contribution in [-0.4, -0.2) is 48.3 Å². The maximum absolute atomic E-state index is 13.1. The van der Waals surface area contributed by atoms with Gasteiger partial charge in [0.15, 0.2) is 0 Å². The Morgan fingerprint density at radius 3 is 1.43 bits per heavy atom. The first-order chi connectivity index (χ1) is 30.8. The van der Waals surface area contributed by atoms with E-state index in [4.69, 9.17) is 18.9 Å². The summed E-state index contributed by atoms with van der Waals surface area (Å²) in [6.45, 7) is 16.1. The molecule has 0 aromatic rings. The van der Waals surface area contributed by atoms with Gasteiger partial charge in [-0.25, -0.2) is 0 Å². The summed E-state index contributed by atoms with van der Waals surface area (Å²) in [6, 6.07) is 0. The zero-order chi connectivity index (χ0) is 45.9. The molecule has 8 saturated carbocycles. The first-order valence-corrected chi connectivity index (χ1v) is 27.5. The summed E-state index contributed by atoms with van der Waals surface area (Å²) in [5.74, 6) is 7.83. The number of fused-ring (bicyclic) bond motifs is 4. The molecule has 374 valence electrons. The number of hydrogen-bond acceptors (Lipinski definition) is 8. The van der Waals surface area contributed by atoms with Crippen LogP contribution < -0.4 is 0 Å². The van der Waals surface area contributed by atoms with E-state index < -0.39 is 0 Å². The number of hydrogen-bond donors (Lipinski definition) is 0. The minimum Gasteiger partial charge on any atom is -0.466 e. The predicted molar refractivity (Wildman–Crippen MR) is 261 cm³/mol. The van der Waals surface area contributed by atoms with Crippen LogP contribution in [0.3, 0.4) is 0 Å². The normalized spacial score (nSPS) is 33.7. The fourth-order valence-electron chi connectivity index (χ4n) is 15.1. The highest BCUT2D eigenvalue weighted by atomic mass is 16.6. The van der Waals surface area contributed by atoms with Gasteiger partial charge in [0.1, 0.15) is 11.2 Å². The Hall–Kier alpha value is -2.12. The topological polar surface area (TPSA) is 105 Å². The highest BCUT2D eigenvalue weighted by Crippen LogP contribution is 2.57. The molecular formula is C57H98O8. The van der Waals surface area contributed by atoms with E-state index in [0.717, 1.165) is 81.5 Å². The van der Waals surface area contributed by atoms with E-state index in [-0.39, 0.29) is 54.3 Å². The fourth-order valence-corrected chi connectivity index (χ4v) is 15.1. The van der Waals surface area contributed by atoms with Gasteiger partial charge in [-0.3, -0.25) is 19.2 Å². The number of carbonyl (C=O) groups is 4. The van der Waals surface area contributed by atoms with Gasteiger partial charge in [0.05, 0.1) is 25.0 Å². The summed E-state index contributed by atoms with van der Waals surface area (Å²) in [4.78, 5) is 48.1. The molecule has 65 heavy (non-hydrogen) atoms. The average molecular weight is 911 g/mol. The van der Waals surface area contributed by atoms with Gasteiger partial charge in [-0.05, 0) is 187 Å². The molecule has 0 aromatic heterocycles. The average Bonchev–Trinajstić information content (AvgIpc) is 4.17. The molecule has 8 heteroatoms. The molecule has 11 unspecified atom stereocenters. The number of unbranched alkanes of at least 4 members (excludes halogenated alkanes) is 1. The van der Waals surface area contributed by atoms with E-state index in [0.29, 0.717) is 61.1 Å². The van der Waals surface area contributed by atoms with Crippen molar-refractivity contribution in [2.75, 3.05) is 13.2 Å². The lowest BCUT2D eigenvalue weighted by Gasteiger charge is -2.41. The molecule has 0 heterocycles. The largest absolute Gasteiger partial charge is 0.466 e. The summed E-state index contributed by atoms with van der Waals surface area (Å²) in [7, 11) is 0. The van der Waals surface area contributed by atoms with E-state index in [1.54, 1.807) is 0 Å². The molecule has 11 atom stereocenters. The third-order valence-electron chi connectivity index (χ3n) is 19.3. The molecule has 8 aliphatic rings. The van der Waals surface area contributed by atoms with Crippen LogP contribution in [-0.2, 0) is 38.1 Å². The van der Waals surface area contributed by atoms with Gasteiger partial charge in [-0.15, -0.1) is 0 Å². The van der Waals surface area contributed by atoms with Crippen LogP contribution in [0.25, 0.3) is 0 Å². The van der Waals surface area contributed by atoms with Crippen molar-refractivity contribution in [3.05, 3.63) is 0 Å². The smallest absolute Gasteiger partial charge is 0.309 e. The van der Waals surface area contributed by atoms with Crippen molar-refractivity contribution >= 4 is 23.9 Å². The lowest BCUT2D eigenvalue weighted by Crippen LogP contribution is -2.44. The van der Waals surface area contributed by atoms with Crippen molar-refractivity contribution in [1.29, 1.82) is 0 Å². The van der Waals surface area contributed by atoms with Crippen LogP contribution in [0.1, 0.15) is 236 Å². The second-order valence-corrected chi connectivity index (χ2v) is 23.2. The molecule has 8 nitrogen and oxygen atoms in total. The Morgan fingerprint density at radius 1 is 0.554 bits per heavy atom. The lowest BCUT2D eigenvalue weighted by molar-refractivity contribution is -0.175. The second kappa shape index (κ2) is 25.5. The van der Waals surface area contributed by atoms with Gasteiger partial charge in [-0.1, -0.05) is 100 Å². The van der Waals surface area contributed by atoms with Crippen LogP contribution in [0.15, 0.2) is 0 Å². The first-order valence-electron chi connectivity index (χ1n) is 27.5. The molecule has 0 amide bonds. The van der Waals surface area contributed by atoms with Crippen LogP contribution in [0, 0.1) is 76.9 Å². The van der Waals surface area contributed by atoms with Crippen molar-refractivity contribution < 1.29 is 38.1 Å². The number of esters is 4. The van der Waals surface area contributed by atoms with Gasteiger partial charge in [0.25, 0.3) is 0 Å². The monoisotopic (exact) mass is 911 g/mol. The highest BCUT2D eigenvalue weighted by molar-refractivity contribution is 5.74. The van der Waals surface area contributed by atoms with Gasteiger partial charge < -0.3 is 18.9 Å². The molecule has 4 bridgehead atoms. The molecule has 0 aliphatic heterocycles. The maximum Gasteiger partial charge on any atom is 0.309 e. The van der Waals surface area contributed by atoms with Crippen molar-refractivity contribution in [1.82, 2.24) is 0 Å². The third-order valence-corrected chi connectivity index (χ3v) is 19.3. The van der Waals surface area contributed by atoms with Crippen molar-refractivity contribution in [2.45, 2.75) is 247 Å². The Morgan fingerprint density at radius 2 is 1.00 bits per heavy atom. The molecule has 0 spiro atoms. The second-order valence-electron chi connectivity index (χ2n) is 23.2. The minimum absolute atomic E-state index is 0. The van der Waals surface area contributed by atoms with Gasteiger partial charge in [0, 0.05) is 13.3 Å². The quantitative estimate of drug-likeness (QED) is 0.0856. The molecule has 0 radical (unpaired) electrons. The Kier molecular flexibility index (Phi) is 21.1. The molecule has 0 N–H and O–H groups in total. The van der Waals surface area contributed by atoms with Gasteiger partial charge in [-0.2, -0.15) is 0 Å². The number of ether oxygens (including phenoxy) is 4. The predicted octanol–water partition coefficient (Wildman–Crippen LogP) is 14.4. The maximum atomic E-state index is 13.1. The molecule has 8 aliphatic carbocycles. The Bertz CT molecular complexity index is 1460. The van der Waals surface area contributed by atoms with E-state index in [1.165, 1.54) is 122 Å². The first kappa shape index (κ1) is 53.8. The summed E-state index contributed by atoms with van der Waals surface area (Å²) >= 11 is 0. The van der Waals surface area contributed by atoms with Gasteiger partial charge >= 0.3 is 23.9 Å². The van der Waals surface area contributed by atoms with E-state index in [2.05, 4.69) is 41.5 Å². The van der Waals surface area contributed by atoms with Crippen LogP contribution in [0.4, 0.5) is 0 Å². The van der Waals surface area contributed by atoms with Crippen molar-refractivity contribution in [3.63, 3.8) is 0 Å². The molecule has 0 saturated heterocycles. The zero-order valence-corrected chi connectivity index (χ0v) is 42.0. The summed E-state index contributed by atoms with van der Waals surface area (Å²) in [5.41, 5.74) is -0.153. The SMILES string of the molecule is C.CC(=O)OCCCCOC(=O)C1CC2CC1C(C)C2C.CC1C2CC(C(=O)OC3(C4CCCCC4)CCCC3)C(C2)C1C.CCCC(C)CCC(=O)OC1(C2CCCCC2)CCCC1. The van der Waals surface area contributed by atoms with Crippen LogP contribution in [0.5, 0.6) is 0 Å². The van der Waals surface area contributed by atoms with E-state index >= 15 is 0 Å². The number of carbonyl (C=O) groups excluding carboxylic acids is 4. The third kappa shape index (κ3) is 13.8. The molecule has 8 fully saturated rings. The summed E-state index contributed by atoms with van der Waals surface area (Å²) in [5, 5.41) is 0. The minimum atomic E-state index is -0.257. The molecular weight excluding hydrogens is 813 g/mol. The summed E-state index contributed by atoms with van der Waals surface area (Å²) in [6.07, 6.45) is 32.9. The number of rotatable bonds is 16. The van der Waals surface area contributed by atoms with Crippen molar-refractivity contribution in [3.8, 4) is 0 Å². The molecule has 8 rings (SSSR count). The summed E-state index contributed by atoms with van der Waals surface area (Å²) < 4.78 is 22.8.